The highest BCUT2D eigenvalue weighted by atomic mass is 28.3. The number of benzene rings is 1. The molecule has 0 spiro atoms. The van der Waals surface area contributed by atoms with Crippen LogP contribution in [0.3, 0.4) is 0 Å². The highest BCUT2D eigenvalue weighted by Gasteiger charge is 2.12. The zero-order valence-electron chi connectivity index (χ0n) is 13.2. The van der Waals surface area contributed by atoms with Gasteiger partial charge in [-0.2, -0.15) is 0 Å². The predicted octanol–water partition coefficient (Wildman–Crippen LogP) is 3.32. The third kappa shape index (κ3) is 4.80. The third-order valence-corrected chi connectivity index (χ3v) is 5.09. The Morgan fingerprint density at radius 3 is 2.52 bits per heavy atom. The molecule has 2 N–H and O–H groups in total. The molecule has 114 valence electrons. The van der Waals surface area contributed by atoms with E-state index >= 15 is 0 Å². The molecule has 0 bridgehead atoms. The molecular weight excluding hydrogens is 278 g/mol. The van der Waals surface area contributed by atoms with Crippen LogP contribution in [0.5, 0.6) is 0 Å². The average Bonchev–Trinajstić information content (AvgIpc) is 2.91. The fourth-order valence-electron chi connectivity index (χ4n) is 2.00. The second-order valence-electron chi connectivity index (χ2n) is 6.47. The van der Waals surface area contributed by atoms with E-state index in [-0.39, 0.29) is 0 Å². The van der Waals surface area contributed by atoms with Crippen molar-refractivity contribution in [2.24, 2.45) is 5.73 Å². The molecule has 5 heteroatoms. The third-order valence-electron chi connectivity index (χ3n) is 3.39. The van der Waals surface area contributed by atoms with Gasteiger partial charge in [-0.05, 0) is 11.6 Å². The van der Waals surface area contributed by atoms with Crippen molar-refractivity contribution in [3.8, 4) is 11.4 Å². The molecule has 1 heterocycles. The molecule has 2 aromatic rings. The Balaban J connectivity index is 1.98. The van der Waals surface area contributed by atoms with Crippen molar-refractivity contribution in [2.75, 3.05) is 6.61 Å². The lowest BCUT2D eigenvalue weighted by Gasteiger charge is -2.16. The molecule has 0 atom stereocenters. The van der Waals surface area contributed by atoms with Gasteiger partial charge in [0.1, 0.15) is 12.6 Å². The first-order valence-electron chi connectivity index (χ1n) is 7.38. The van der Waals surface area contributed by atoms with Crippen LogP contribution in [0.4, 0.5) is 0 Å². The van der Waals surface area contributed by atoms with Crippen LogP contribution in [-0.4, -0.2) is 24.2 Å². The number of hydrogen-bond donors (Lipinski definition) is 1. The lowest BCUT2D eigenvalue weighted by atomic mass is 10.1. The molecule has 0 radical (unpaired) electrons. The van der Waals surface area contributed by atoms with Gasteiger partial charge >= 0.3 is 0 Å². The van der Waals surface area contributed by atoms with Crippen LogP contribution in [0.1, 0.15) is 5.56 Å². The summed E-state index contributed by atoms with van der Waals surface area (Å²) in [5.41, 5.74) is 7.84. The lowest BCUT2D eigenvalue weighted by molar-refractivity contribution is 0.0883. The summed E-state index contributed by atoms with van der Waals surface area (Å²) < 4.78 is 7.84. The maximum Gasteiger partial charge on any atom is 0.141 e. The minimum absolute atomic E-state index is 0.554. The van der Waals surface area contributed by atoms with Gasteiger partial charge in [0.05, 0.1) is 0 Å². The number of aromatic nitrogens is 2. The van der Waals surface area contributed by atoms with Gasteiger partial charge in [0, 0.05) is 39.2 Å². The number of hydrogen-bond acceptors (Lipinski definition) is 3. The number of nitrogens with two attached hydrogens (primary N) is 1. The van der Waals surface area contributed by atoms with Crippen molar-refractivity contribution in [1.82, 2.24) is 9.55 Å². The molecule has 21 heavy (non-hydrogen) atoms. The van der Waals surface area contributed by atoms with Crippen molar-refractivity contribution < 1.29 is 4.74 Å². The fraction of sp³-hybridized carbons (Fsp3) is 0.438. The maximum atomic E-state index is 5.80. The molecule has 4 nitrogen and oxygen atoms in total. The Kier molecular flexibility index (Phi) is 5.33. The number of rotatable bonds is 7. The molecule has 0 aliphatic heterocycles. The largest absolute Gasteiger partial charge is 0.361 e. The minimum Gasteiger partial charge on any atom is -0.361 e. The number of imidazole rings is 1. The van der Waals surface area contributed by atoms with Gasteiger partial charge in [-0.3, -0.25) is 0 Å². The van der Waals surface area contributed by atoms with E-state index in [4.69, 9.17) is 10.5 Å². The second kappa shape index (κ2) is 7.02. The average molecular weight is 303 g/mol. The summed E-state index contributed by atoms with van der Waals surface area (Å²) in [6.45, 7) is 9.01. The first-order chi connectivity index (χ1) is 9.99. The molecule has 1 aromatic carbocycles. The van der Waals surface area contributed by atoms with E-state index in [1.807, 2.05) is 29.1 Å². The summed E-state index contributed by atoms with van der Waals surface area (Å²) in [6, 6.07) is 9.38. The van der Waals surface area contributed by atoms with Gasteiger partial charge in [0.2, 0.25) is 0 Å². The van der Waals surface area contributed by atoms with Gasteiger partial charge in [-0.1, -0.05) is 43.9 Å². The van der Waals surface area contributed by atoms with Gasteiger partial charge in [-0.15, -0.1) is 0 Å². The zero-order chi connectivity index (χ0) is 15.3. The van der Waals surface area contributed by atoms with Crippen LogP contribution < -0.4 is 5.73 Å². The Morgan fingerprint density at radius 1 is 1.19 bits per heavy atom. The van der Waals surface area contributed by atoms with Gasteiger partial charge in [0.15, 0.2) is 0 Å². The standard InChI is InChI=1S/C16H25N3OSi/c1-21(2,3)11-10-20-13-19-9-8-18-16(19)15-6-4-14(12-17)5-7-15/h4-9H,10-13,17H2,1-3H3. The normalized spacial score (nSPS) is 11.8. The van der Waals surface area contributed by atoms with Crippen LogP contribution >= 0.6 is 0 Å². The van der Waals surface area contributed by atoms with E-state index in [1.165, 1.54) is 6.04 Å². The smallest absolute Gasteiger partial charge is 0.141 e. The van der Waals surface area contributed by atoms with Crippen molar-refractivity contribution in [3.63, 3.8) is 0 Å². The van der Waals surface area contributed by atoms with E-state index < -0.39 is 8.07 Å². The van der Waals surface area contributed by atoms with E-state index in [2.05, 4.69) is 36.8 Å². The Labute approximate surface area is 128 Å². The van der Waals surface area contributed by atoms with E-state index in [0.29, 0.717) is 13.3 Å². The Hall–Kier alpha value is -1.43. The molecule has 0 aliphatic carbocycles. The van der Waals surface area contributed by atoms with Gasteiger partial charge in [-0.25, -0.2) is 4.98 Å². The van der Waals surface area contributed by atoms with Crippen molar-refractivity contribution in [3.05, 3.63) is 42.2 Å². The Morgan fingerprint density at radius 2 is 1.90 bits per heavy atom. The summed E-state index contributed by atoms with van der Waals surface area (Å²) >= 11 is 0. The number of nitrogens with zero attached hydrogens (tertiary/aromatic N) is 2. The summed E-state index contributed by atoms with van der Waals surface area (Å²) in [7, 11) is -1.03. The van der Waals surface area contributed by atoms with Crippen LogP contribution in [-0.2, 0) is 18.0 Å². The molecule has 0 fully saturated rings. The topological polar surface area (TPSA) is 53.1 Å². The monoisotopic (exact) mass is 303 g/mol. The summed E-state index contributed by atoms with van der Waals surface area (Å²) in [5.74, 6) is 0.937. The summed E-state index contributed by atoms with van der Waals surface area (Å²) in [6.07, 6.45) is 3.77. The quantitative estimate of drug-likeness (QED) is 0.630. The molecular formula is C16H25N3OSi. The minimum atomic E-state index is -1.03. The molecule has 1 aromatic heterocycles. The summed E-state index contributed by atoms with van der Waals surface area (Å²) in [5, 5.41) is 0. The first kappa shape index (κ1) is 15.9. The lowest BCUT2D eigenvalue weighted by Crippen LogP contribution is -2.22. The van der Waals surface area contributed by atoms with Gasteiger partial charge < -0.3 is 15.0 Å². The fourth-order valence-corrected chi connectivity index (χ4v) is 2.76. The second-order valence-corrected chi connectivity index (χ2v) is 12.1. The molecule has 0 saturated carbocycles. The van der Waals surface area contributed by atoms with Crippen LogP contribution in [0.2, 0.25) is 25.7 Å². The maximum absolute atomic E-state index is 5.80. The first-order valence-corrected chi connectivity index (χ1v) is 11.1. The van der Waals surface area contributed by atoms with Crippen molar-refractivity contribution >= 4 is 8.07 Å². The van der Waals surface area contributed by atoms with E-state index in [0.717, 1.165) is 23.6 Å². The molecule has 2 rings (SSSR count). The molecule has 0 amide bonds. The molecule has 0 aliphatic rings. The Bertz CT molecular complexity index is 558. The molecule has 0 unspecified atom stereocenters. The van der Waals surface area contributed by atoms with E-state index in [9.17, 15) is 0 Å². The predicted molar refractivity (Wildman–Crippen MR) is 89.7 cm³/mol. The molecule has 0 saturated heterocycles. The number of ether oxygens (including phenoxy) is 1. The highest BCUT2D eigenvalue weighted by Crippen LogP contribution is 2.18. The van der Waals surface area contributed by atoms with Crippen molar-refractivity contribution in [1.29, 1.82) is 0 Å². The SMILES string of the molecule is C[Si](C)(C)CCOCn1ccnc1-c1ccc(CN)cc1. The van der Waals surface area contributed by atoms with Crippen molar-refractivity contribution in [2.45, 2.75) is 39.0 Å². The van der Waals surface area contributed by atoms with E-state index in [1.54, 1.807) is 0 Å². The van der Waals surface area contributed by atoms with Crippen LogP contribution in [0, 0.1) is 0 Å². The highest BCUT2D eigenvalue weighted by molar-refractivity contribution is 6.76. The van der Waals surface area contributed by atoms with Crippen LogP contribution in [0.15, 0.2) is 36.7 Å². The van der Waals surface area contributed by atoms with Gasteiger partial charge in [0.25, 0.3) is 0 Å². The van der Waals surface area contributed by atoms with Crippen LogP contribution in [0.25, 0.3) is 11.4 Å². The zero-order valence-corrected chi connectivity index (χ0v) is 14.2. The summed E-state index contributed by atoms with van der Waals surface area (Å²) in [4.78, 5) is 4.43.